The van der Waals surface area contributed by atoms with E-state index in [1.54, 1.807) is 20.0 Å². The van der Waals surface area contributed by atoms with Gasteiger partial charge in [-0.25, -0.2) is 4.68 Å². The number of alkyl halides is 3. The molecule has 0 aromatic carbocycles. The van der Waals surface area contributed by atoms with Gasteiger partial charge in [0.05, 0.1) is 18.3 Å². The van der Waals surface area contributed by atoms with E-state index in [0.29, 0.717) is 16.3 Å². The maximum atomic E-state index is 12.9. The lowest BCUT2D eigenvalue weighted by Crippen LogP contribution is -2.07. The Balaban J connectivity index is 2.34. The minimum Gasteiger partial charge on any atom is -0.247 e. The van der Waals surface area contributed by atoms with Crippen LogP contribution in [0.4, 0.5) is 13.2 Å². The highest BCUT2D eigenvalue weighted by Gasteiger charge is 2.35. The predicted octanol–water partition coefficient (Wildman–Crippen LogP) is 3.53. The van der Waals surface area contributed by atoms with Crippen LogP contribution in [0.5, 0.6) is 0 Å². The molecule has 98 valence electrons. The predicted molar refractivity (Wildman–Crippen MR) is 62.5 cm³/mol. The largest absolute Gasteiger partial charge is 0.417 e. The third kappa shape index (κ3) is 2.72. The maximum Gasteiger partial charge on any atom is 0.417 e. The average molecular weight is 275 g/mol. The minimum atomic E-state index is -4.29. The molecule has 2 aromatic heterocycles. The minimum absolute atomic E-state index is 0.142. The van der Waals surface area contributed by atoms with Gasteiger partial charge in [-0.15, -0.1) is 16.4 Å². The van der Waals surface area contributed by atoms with E-state index in [1.807, 2.05) is 0 Å². The molecule has 0 aliphatic heterocycles. The molecule has 7 heteroatoms. The smallest absolute Gasteiger partial charge is 0.247 e. The number of halogens is 3. The number of hydrogen-bond donors (Lipinski definition) is 0. The fourth-order valence-corrected chi connectivity index (χ4v) is 2.84. The molecule has 0 aliphatic carbocycles. The highest BCUT2D eigenvalue weighted by molar-refractivity contribution is 7.12. The van der Waals surface area contributed by atoms with Crippen LogP contribution < -0.4 is 0 Å². The first kappa shape index (κ1) is 13.1. The zero-order valence-corrected chi connectivity index (χ0v) is 10.7. The Kier molecular flexibility index (Phi) is 3.43. The summed E-state index contributed by atoms with van der Waals surface area (Å²) in [4.78, 5) is 1.01. The second kappa shape index (κ2) is 4.72. The molecule has 2 rings (SSSR count). The molecule has 2 heterocycles. The zero-order chi connectivity index (χ0) is 13.3. The van der Waals surface area contributed by atoms with Crippen LogP contribution in [0.2, 0.25) is 0 Å². The van der Waals surface area contributed by atoms with Crippen molar-refractivity contribution in [3.05, 3.63) is 33.8 Å². The third-order valence-corrected chi connectivity index (χ3v) is 3.85. The Bertz CT molecular complexity index is 514. The Morgan fingerprint density at radius 2 is 2.11 bits per heavy atom. The first-order valence-electron chi connectivity index (χ1n) is 5.42. The van der Waals surface area contributed by atoms with Crippen LogP contribution in [-0.4, -0.2) is 15.0 Å². The number of rotatable bonds is 3. The topological polar surface area (TPSA) is 30.7 Å². The molecule has 0 N–H and O–H groups in total. The van der Waals surface area contributed by atoms with Gasteiger partial charge in [0.2, 0.25) is 0 Å². The molecule has 0 radical (unpaired) electrons. The Hall–Kier alpha value is -1.37. The van der Waals surface area contributed by atoms with Crippen molar-refractivity contribution in [1.29, 1.82) is 0 Å². The van der Waals surface area contributed by atoms with E-state index < -0.39 is 11.7 Å². The summed E-state index contributed by atoms with van der Waals surface area (Å²) in [6.07, 6.45) is -1.17. The Labute approximate surface area is 106 Å². The second-order valence-electron chi connectivity index (χ2n) is 4.24. The molecular formula is C11H12F3N3S. The summed E-state index contributed by atoms with van der Waals surface area (Å²) in [6, 6.07) is 1.21. The normalized spacial score (nSPS) is 12.3. The number of aromatic nitrogens is 3. The van der Waals surface area contributed by atoms with E-state index in [0.717, 1.165) is 0 Å². The number of thiophene rings is 1. The van der Waals surface area contributed by atoms with Gasteiger partial charge in [0.25, 0.3) is 0 Å². The Morgan fingerprint density at radius 1 is 1.39 bits per heavy atom. The van der Waals surface area contributed by atoms with Crippen molar-refractivity contribution < 1.29 is 13.2 Å². The van der Waals surface area contributed by atoms with Gasteiger partial charge in [-0.1, -0.05) is 19.1 Å². The molecule has 3 nitrogen and oxygen atoms in total. The Morgan fingerprint density at radius 3 is 2.56 bits per heavy atom. The van der Waals surface area contributed by atoms with E-state index in [-0.39, 0.29) is 5.92 Å². The molecule has 0 saturated heterocycles. The molecule has 18 heavy (non-hydrogen) atoms. The fourth-order valence-electron chi connectivity index (χ4n) is 1.66. The molecule has 2 aromatic rings. The lowest BCUT2D eigenvalue weighted by molar-refractivity contribution is -0.138. The standard InChI is InChI=1S/C11H12F3N3S/c1-7(2)10-9(11(12,13)14)5-8(18-10)6-17-4-3-15-16-17/h3-5,7H,6H2,1-2H3. The lowest BCUT2D eigenvalue weighted by Gasteiger charge is -2.09. The molecule has 0 bridgehead atoms. The van der Waals surface area contributed by atoms with Gasteiger partial charge in [0, 0.05) is 16.0 Å². The van der Waals surface area contributed by atoms with Crippen molar-refractivity contribution in [2.75, 3.05) is 0 Å². The third-order valence-electron chi connectivity index (χ3n) is 2.43. The van der Waals surface area contributed by atoms with Crippen LogP contribution in [0.3, 0.4) is 0 Å². The quantitative estimate of drug-likeness (QED) is 0.858. The van der Waals surface area contributed by atoms with E-state index in [1.165, 1.54) is 28.3 Å². The SMILES string of the molecule is CC(C)c1sc(Cn2ccnn2)cc1C(F)(F)F. The van der Waals surface area contributed by atoms with E-state index in [9.17, 15) is 13.2 Å². The van der Waals surface area contributed by atoms with Crippen molar-refractivity contribution in [2.24, 2.45) is 0 Å². The summed E-state index contributed by atoms with van der Waals surface area (Å²) in [5.74, 6) is -0.142. The summed E-state index contributed by atoms with van der Waals surface area (Å²) >= 11 is 1.18. The highest BCUT2D eigenvalue weighted by atomic mass is 32.1. The van der Waals surface area contributed by atoms with Crippen LogP contribution in [-0.2, 0) is 12.7 Å². The summed E-state index contributed by atoms with van der Waals surface area (Å²) in [6.45, 7) is 3.85. The van der Waals surface area contributed by atoms with Gasteiger partial charge in [-0.2, -0.15) is 13.2 Å². The van der Waals surface area contributed by atoms with Gasteiger partial charge < -0.3 is 0 Å². The van der Waals surface area contributed by atoms with Crippen molar-refractivity contribution in [3.63, 3.8) is 0 Å². The molecule has 0 aliphatic rings. The van der Waals surface area contributed by atoms with Gasteiger partial charge >= 0.3 is 6.18 Å². The maximum absolute atomic E-state index is 12.9. The van der Waals surface area contributed by atoms with Gasteiger partial charge in [-0.3, -0.25) is 0 Å². The molecule has 0 amide bonds. The first-order chi connectivity index (χ1) is 8.38. The second-order valence-corrected chi connectivity index (χ2v) is 5.41. The number of nitrogens with zero attached hydrogens (tertiary/aromatic N) is 3. The van der Waals surface area contributed by atoms with Crippen molar-refractivity contribution in [3.8, 4) is 0 Å². The van der Waals surface area contributed by atoms with E-state index in [2.05, 4.69) is 10.3 Å². The number of hydrogen-bond acceptors (Lipinski definition) is 3. The summed E-state index contributed by atoms with van der Waals surface area (Å²) in [5, 5.41) is 7.38. The van der Waals surface area contributed by atoms with Crippen LogP contribution in [0.25, 0.3) is 0 Å². The monoisotopic (exact) mass is 275 g/mol. The molecule has 0 fully saturated rings. The molecule has 0 saturated carbocycles. The highest BCUT2D eigenvalue weighted by Crippen LogP contribution is 2.40. The lowest BCUT2D eigenvalue weighted by atomic mass is 10.1. The van der Waals surface area contributed by atoms with Gasteiger partial charge in [0.1, 0.15) is 0 Å². The zero-order valence-electron chi connectivity index (χ0n) is 9.90. The summed E-state index contributed by atoms with van der Waals surface area (Å²) in [5.41, 5.74) is -0.530. The summed E-state index contributed by atoms with van der Waals surface area (Å²) in [7, 11) is 0. The van der Waals surface area contributed by atoms with Crippen LogP contribution in [0, 0.1) is 0 Å². The van der Waals surface area contributed by atoms with Crippen molar-refractivity contribution in [2.45, 2.75) is 32.5 Å². The molecular weight excluding hydrogens is 263 g/mol. The van der Waals surface area contributed by atoms with E-state index >= 15 is 0 Å². The van der Waals surface area contributed by atoms with Gasteiger partial charge in [0.15, 0.2) is 0 Å². The molecule has 0 atom stereocenters. The first-order valence-corrected chi connectivity index (χ1v) is 6.23. The van der Waals surface area contributed by atoms with Crippen LogP contribution in [0.1, 0.15) is 35.1 Å². The summed E-state index contributed by atoms with van der Waals surface area (Å²) < 4.78 is 40.1. The van der Waals surface area contributed by atoms with Crippen LogP contribution >= 0.6 is 11.3 Å². The average Bonchev–Trinajstić information content (AvgIpc) is 2.85. The molecule has 0 spiro atoms. The van der Waals surface area contributed by atoms with Crippen molar-refractivity contribution in [1.82, 2.24) is 15.0 Å². The fraction of sp³-hybridized carbons (Fsp3) is 0.455. The van der Waals surface area contributed by atoms with Gasteiger partial charge in [-0.05, 0) is 12.0 Å². The van der Waals surface area contributed by atoms with Crippen molar-refractivity contribution >= 4 is 11.3 Å². The van der Waals surface area contributed by atoms with Crippen LogP contribution in [0.15, 0.2) is 18.5 Å². The van der Waals surface area contributed by atoms with E-state index in [4.69, 9.17) is 0 Å². The molecule has 0 unspecified atom stereocenters.